The van der Waals surface area contributed by atoms with E-state index >= 15 is 0 Å². The largest absolute Gasteiger partial charge is 0.338 e. The smallest absolute Gasteiger partial charge is 0.253 e. The zero-order valence-corrected chi connectivity index (χ0v) is 15.5. The van der Waals surface area contributed by atoms with Crippen LogP contribution in [0, 0.1) is 6.92 Å². The maximum atomic E-state index is 12.8. The summed E-state index contributed by atoms with van der Waals surface area (Å²) in [4.78, 5) is 24.0. The van der Waals surface area contributed by atoms with Crippen LogP contribution in [0.1, 0.15) is 40.4 Å². The second-order valence-corrected chi connectivity index (χ2v) is 7.16. The number of hydrogen-bond donors (Lipinski definition) is 0. The lowest BCUT2D eigenvalue weighted by Crippen LogP contribution is -2.39. The fraction of sp³-hybridized carbons (Fsp3) is 0.261. The number of amides is 1. The Morgan fingerprint density at radius 1 is 1.07 bits per heavy atom. The number of aromatic nitrogens is 2. The van der Waals surface area contributed by atoms with Crippen LogP contribution in [-0.2, 0) is 0 Å². The summed E-state index contributed by atoms with van der Waals surface area (Å²) in [5.74, 6) is 0.326. The number of hydrogen-bond acceptors (Lipinski definition) is 3. The Kier molecular flexibility index (Phi) is 4.97. The van der Waals surface area contributed by atoms with Crippen molar-refractivity contribution in [1.82, 2.24) is 14.9 Å². The summed E-state index contributed by atoms with van der Waals surface area (Å²) in [6, 6.07) is 17.8. The van der Waals surface area contributed by atoms with Gasteiger partial charge in [0.15, 0.2) is 0 Å². The van der Waals surface area contributed by atoms with Crippen LogP contribution in [0.4, 0.5) is 0 Å². The molecule has 0 spiro atoms. The van der Waals surface area contributed by atoms with Gasteiger partial charge in [-0.25, -0.2) is 4.98 Å². The van der Waals surface area contributed by atoms with Gasteiger partial charge < -0.3 is 4.90 Å². The van der Waals surface area contributed by atoms with Gasteiger partial charge in [0.2, 0.25) is 0 Å². The van der Waals surface area contributed by atoms with E-state index in [0.717, 1.165) is 41.9 Å². The second kappa shape index (κ2) is 7.70. The minimum atomic E-state index is 0.100. The van der Waals surface area contributed by atoms with Crippen LogP contribution in [0.2, 0.25) is 0 Å². The van der Waals surface area contributed by atoms with Crippen molar-refractivity contribution in [2.75, 3.05) is 13.1 Å². The van der Waals surface area contributed by atoms with E-state index in [1.165, 1.54) is 5.56 Å². The van der Waals surface area contributed by atoms with Crippen molar-refractivity contribution in [3.63, 3.8) is 0 Å². The van der Waals surface area contributed by atoms with Gasteiger partial charge in [-0.3, -0.25) is 9.78 Å². The molecule has 0 saturated carbocycles. The SMILES string of the molecule is Cc1cccc(-c2cncc([C@@H]3CCCN(C(=O)c4ccccc4)C3)n2)c1. The lowest BCUT2D eigenvalue weighted by atomic mass is 9.94. The van der Waals surface area contributed by atoms with Gasteiger partial charge in [-0.05, 0) is 38.0 Å². The van der Waals surface area contributed by atoms with Crippen molar-refractivity contribution in [2.45, 2.75) is 25.7 Å². The topological polar surface area (TPSA) is 46.1 Å². The Morgan fingerprint density at radius 3 is 2.74 bits per heavy atom. The van der Waals surface area contributed by atoms with Crippen molar-refractivity contribution < 1.29 is 4.79 Å². The third kappa shape index (κ3) is 3.90. The van der Waals surface area contributed by atoms with Gasteiger partial charge in [0.25, 0.3) is 5.91 Å². The number of nitrogens with zero attached hydrogens (tertiary/aromatic N) is 3. The first kappa shape index (κ1) is 17.4. The average molecular weight is 357 g/mol. The van der Waals surface area contributed by atoms with Crippen LogP contribution in [0.3, 0.4) is 0 Å². The molecule has 1 aliphatic rings. The lowest BCUT2D eigenvalue weighted by molar-refractivity contribution is 0.0706. The first-order valence-corrected chi connectivity index (χ1v) is 9.44. The fourth-order valence-corrected chi connectivity index (χ4v) is 3.69. The third-order valence-electron chi connectivity index (χ3n) is 5.11. The Morgan fingerprint density at radius 2 is 1.93 bits per heavy atom. The van der Waals surface area contributed by atoms with Crippen molar-refractivity contribution in [1.29, 1.82) is 0 Å². The molecule has 1 atom stereocenters. The third-order valence-corrected chi connectivity index (χ3v) is 5.11. The molecule has 4 heteroatoms. The Hall–Kier alpha value is -3.01. The number of carbonyl (C=O) groups excluding carboxylic acids is 1. The molecule has 0 N–H and O–H groups in total. The molecule has 0 unspecified atom stereocenters. The number of benzene rings is 2. The highest BCUT2D eigenvalue weighted by Gasteiger charge is 2.26. The molecule has 1 aromatic heterocycles. The molecular weight excluding hydrogens is 334 g/mol. The standard InChI is InChI=1S/C23H23N3O/c1-17-7-5-10-19(13-17)21-14-24-15-22(25-21)20-11-6-12-26(16-20)23(27)18-8-3-2-4-9-18/h2-5,7-10,13-15,20H,6,11-12,16H2,1H3/t20-/m1/s1. The number of likely N-dealkylation sites (tertiary alicyclic amines) is 1. The normalized spacial score (nSPS) is 16.9. The van der Waals surface area contributed by atoms with Crippen LogP contribution in [0.5, 0.6) is 0 Å². The molecule has 0 radical (unpaired) electrons. The molecule has 136 valence electrons. The quantitative estimate of drug-likeness (QED) is 0.695. The van der Waals surface area contributed by atoms with Crippen LogP contribution in [-0.4, -0.2) is 33.9 Å². The molecule has 27 heavy (non-hydrogen) atoms. The van der Waals surface area contributed by atoms with Gasteiger partial charge in [0, 0.05) is 36.3 Å². The van der Waals surface area contributed by atoms with Gasteiger partial charge in [-0.2, -0.15) is 0 Å². The summed E-state index contributed by atoms with van der Waals surface area (Å²) >= 11 is 0. The molecule has 3 aromatic rings. The number of carbonyl (C=O) groups is 1. The van der Waals surface area contributed by atoms with Gasteiger partial charge in [0.1, 0.15) is 0 Å². The van der Waals surface area contributed by atoms with E-state index in [-0.39, 0.29) is 11.8 Å². The summed E-state index contributed by atoms with van der Waals surface area (Å²) in [7, 11) is 0. The van der Waals surface area contributed by atoms with E-state index < -0.39 is 0 Å². The predicted molar refractivity (Wildman–Crippen MR) is 107 cm³/mol. The Labute approximate surface area is 159 Å². The van der Waals surface area contributed by atoms with E-state index in [2.05, 4.69) is 30.1 Å². The van der Waals surface area contributed by atoms with E-state index in [1.807, 2.05) is 53.7 Å². The average Bonchev–Trinajstić information content (AvgIpc) is 2.74. The van der Waals surface area contributed by atoms with Crippen LogP contribution >= 0.6 is 0 Å². The molecule has 1 fully saturated rings. The van der Waals surface area contributed by atoms with Crippen LogP contribution in [0.25, 0.3) is 11.3 Å². The van der Waals surface area contributed by atoms with Gasteiger partial charge in [-0.15, -0.1) is 0 Å². The zero-order chi connectivity index (χ0) is 18.6. The highest BCUT2D eigenvalue weighted by Crippen LogP contribution is 2.28. The van der Waals surface area contributed by atoms with Crippen molar-refractivity contribution in [3.8, 4) is 11.3 Å². The van der Waals surface area contributed by atoms with E-state index in [0.29, 0.717) is 6.54 Å². The minimum Gasteiger partial charge on any atom is -0.338 e. The van der Waals surface area contributed by atoms with Gasteiger partial charge >= 0.3 is 0 Å². The molecule has 0 bridgehead atoms. The summed E-state index contributed by atoms with van der Waals surface area (Å²) in [5, 5.41) is 0. The summed E-state index contributed by atoms with van der Waals surface area (Å²) < 4.78 is 0. The maximum Gasteiger partial charge on any atom is 0.253 e. The molecule has 1 amide bonds. The van der Waals surface area contributed by atoms with Crippen molar-refractivity contribution >= 4 is 5.91 Å². The predicted octanol–water partition coefficient (Wildman–Crippen LogP) is 4.47. The van der Waals surface area contributed by atoms with E-state index in [4.69, 9.17) is 4.98 Å². The van der Waals surface area contributed by atoms with Crippen LogP contribution < -0.4 is 0 Å². The zero-order valence-electron chi connectivity index (χ0n) is 15.5. The summed E-state index contributed by atoms with van der Waals surface area (Å²) in [5.41, 5.74) is 4.90. The molecule has 2 heterocycles. The first-order valence-electron chi connectivity index (χ1n) is 9.44. The molecule has 0 aliphatic carbocycles. The lowest BCUT2D eigenvalue weighted by Gasteiger charge is -2.32. The number of rotatable bonds is 3. The fourth-order valence-electron chi connectivity index (χ4n) is 3.69. The van der Waals surface area contributed by atoms with E-state index in [1.54, 1.807) is 0 Å². The molecular formula is C23H23N3O. The summed E-state index contributed by atoms with van der Waals surface area (Å²) in [6.07, 6.45) is 5.68. The Balaban J connectivity index is 1.55. The molecule has 4 nitrogen and oxygen atoms in total. The first-order chi connectivity index (χ1) is 13.2. The van der Waals surface area contributed by atoms with E-state index in [9.17, 15) is 4.79 Å². The number of aryl methyl sites for hydroxylation is 1. The Bertz CT molecular complexity index is 939. The number of piperidine rings is 1. The molecule has 1 saturated heterocycles. The molecule has 4 rings (SSSR count). The van der Waals surface area contributed by atoms with Crippen LogP contribution in [0.15, 0.2) is 67.0 Å². The second-order valence-electron chi connectivity index (χ2n) is 7.16. The van der Waals surface area contributed by atoms with Crippen molar-refractivity contribution in [3.05, 3.63) is 83.8 Å². The minimum absolute atomic E-state index is 0.100. The van der Waals surface area contributed by atoms with Gasteiger partial charge in [0.05, 0.1) is 17.6 Å². The van der Waals surface area contributed by atoms with Crippen molar-refractivity contribution in [2.24, 2.45) is 0 Å². The molecule has 1 aliphatic heterocycles. The molecule has 2 aromatic carbocycles. The highest BCUT2D eigenvalue weighted by atomic mass is 16.2. The van der Waals surface area contributed by atoms with Gasteiger partial charge in [-0.1, -0.05) is 42.0 Å². The maximum absolute atomic E-state index is 12.8. The summed E-state index contributed by atoms with van der Waals surface area (Å²) in [6.45, 7) is 3.57. The highest BCUT2D eigenvalue weighted by molar-refractivity contribution is 5.94. The monoisotopic (exact) mass is 357 g/mol.